The molecule has 6 heteroatoms. The number of benzene rings is 1. The number of rotatable bonds is 3. The summed E-state index contributed by atoms with van der Waals surface area (Å²) in [6, 6.07) is 1.71. The normalized spacial score (nSPS) is 12.3. The number of nitrogens with one attached hydrogen (secondary N) is 2. The summed E-state index contributed by atoms with van der Waals surface area (Å²) in [4.78, 5) is 18.8. The first kappa shape index (κ1) is 15.2. The van der Waals surface area contributed by atoms with Gasteiger partial charge in [-0.3, -0.25) is 4.79 Å². The average molecular weight is 293 g/mol. The molecule has 1 atom stereocenters. The second-order valence-electron chi connectivity index (χ2n) is 5.10. The molecule has 21 heavy (non-hydrogen) atoms. The van der Waals surface area contributed by atoms with Crippen LogP contribution in [0.2, 0.25) is 0 Å². The third-order valence-corrected chi connectivity index (χ3v) is 3.32. The fraction of sp³-hybridized carbons (Fsp3) is 0.333. The summed E-state index contributed by atoms with van der Waals surface area (Å²) in [5, 5.41) is 2.82. The van der Waals surface area contributed by atoms with Crippen molar-refractivity contribution in [3.63, 3.8) is 0 Å². The molecule has 1 unspecified atom stereocenters. The van der Waals surface area contributed by atoms with Gasteiger partial charge in [0.1, 0.15) is 17.5 Å². The van der Waals surface area contributed by atoms with Crippen LogP contribution in [0, 0.1) is 32.4 Å². The summed E-state index contributed by atoms with van der Waals surface area (Å²) in [6.07, 6.45) is 0. The van der Waals surface area contributed by atoms with Gasteiger partial charge in [0, 0.05) is 6.07 Å². The van der Waals surface area contributed by atoms with Gasteiger partial charge in [0.15, 0.2) is 0 Å². The Labute approximate surface area is 121 Å². The highest BCUT2D eigenvalue weighted by Gasteiger charge is 2.17. The van der Waals surface area contributed by atoms with Crippen LogP contribution in [-0.2, 0) is 0 Å². The molecular formula is C15H17F2N3O. The molecule has 0 spiro atoms. The van der Waals surface area contributed by atoms with Gasteiger partial charge in [-0.15, -0.1) is 0 Å². The molecule has 0 saturated carbocycles. The number of nitrogens with zero attached hydrogens (tertiary/aromatic N) is 1. The van der Waals surface area contributed by atoms with E-state index in [1.807, 2.05) is 0 Å². The predicted molar refractivity (Wildman–Crippen MR) is 77.5 cm³/mol. The largest absolute Gasteiger partial charge is 0.376 e. The van der Waals surface area contributed by atoms with Gasteiger partial charge in [-0.05, 0) is 39.3 Å². The highest BCUT2D eigenvalue weighted by Crippen LogP contribution is 2.23. The molecule has 112 valence electrons. The molecule has 1 aromatic heterocycles. The maximum Gasteiger partial charge on any atom is 0.256 e. The number of aryl methyl sites for hydroxylation is 3. The lowest BCUT2D eigenvalue weighted by atomic mass is 10.1. The number of hydrogen-bond donors (Lipinski definition) is 2. The Morgan fingerprint density at radius 2 is 1.86 bits per heavy atom. The second kappa shape index (κ2) is 5.63. The van der Waals surface area contributed by atoms with Gasteiger partial charge in [0.05, 0.1) is 23.0 Å². The van der Waals surface area contributed by atoms with Crippen LogP contribution in [0.1, 0.15) is 35.6 Å². The maximum absolute atomic E-state index is 13.8. The van der Waals surface area contributed by atoms with Gasteiger partial charge in [0.2, 0.25) is 0 Å². The van der Waals surface area contributed by atoms with Crippen LogP contribution in [0.15, 0.2) is 16.9 Å². The summed E-state index contributed by atoms with van der Waals surface area (Å²) in [5.74, 6) is -0.547. The van der Waals surface area contributed by atoms with Crippen molar-refractivity contribution < 1.29 is 8.78 Å². The minimum absolute atomic E-state index is 0.0185. The highest BCUT2D eigenvalue weighted by atomic mass is 19.1. The van der Waals surface area contributed by atoms with Gasteiger partial charge in [-0.25, -0.2) is 13.8 Å². The zero-order chi connectivity index (χ0) is 15.7. The molecule has 0 amide bonds. The number of H-pyrrole nitrogens is 1. The topological polar surface area (TPSA) is 57.8 Å². The number of aromatic amines is 1. The lowest BCUT2D eigenvalue weighted by Gasteiger charge is -2.17. The molecule has 0 radical (unpaired) electrons. The van der Waals surface area contributed by atoms with E-state index in [2.05, 4.69) is 15.3 Å². The first-order valence-electron chi connectivity index (χ1n) is 6.59. The summed E-state index contributed by atoms with van der Waals surface area (Å²) in [5.41, 5.74) is 0.930. The van der Waals surface area contributed by atoms with E-state index in [-0.39, 0.29) is 16.8 Å². The quantitative estimate of drug-likeness (QED) is 0.914. The minimum atomic E-state index is -0.560. The summed E-state index contributed by atoms with van der Waals surface area (Å²) in [7, 11) is 0. The first-order chi connectivity index (χ1) is 9.79. The zero-order valence-electron chi connectivity index (χ0n) is 12.3. The first-order valence-corrected chi connectivity index (χ1v) is 6.59. The minimum Gasteiger partial charge on any atom is -0.376 e. The molecule has 0 saturated heterocycles. The number of halogens is 2. The summed E-state index contributed by atoms with van der Waals surface area (Å²) in [6.45, 7) is 6.59. The smallest absolute Gasteiger partial charge is 0.256 e. The predicted octanol–water partition coefficient (Wildman–Crippen LogP) is 3.15. The van der Waals surface area contributed by atoms with E-state index in [1.165, 1.54) is 6.92 Å². The molecule has 2 aromatic rings. The van der Waals surface area contributed by atoms with E-state index in [1.54, 1.807) is 20.8 Å². The molecular weight excluding hydrogens is 276 g/mol. The molecule has 1 aromatic carbocycles. The Balaban J connectivity index is 2.37. The SMILES string of the molecule is Cc1nc(C)c(C(C)Nc2cc(F)c(C)cc2F)c(=O)[nH]1. The standard InChI is InChI=1S/C15H17F2N3O/c1-7-5-12(17)13(6-11(7)16)19-9(3)14-8(2)18-10(4)20-15(14)21/h5-6,9,19H,1-4H3,(H,18,20,21). The van der Waals surface area contributed by atoms with Crippen molar-refractivity contribution in [3.05, 3.63) is 56.8 Å². The highest BCUT2D eigenvalue weighted by molar-refractivity contribution is 5.48. The maximum atomic E-state index is 13.8. The Morgan fingerprint density at radius 3 is 2.48 bits per heavy atom. The van der Waals surface area contributed by atoms with E-state index in [0.29, 0.717) is 17.1 Å². The van der Waals surface area contributed by atoms with Crippen LogP contribution < -0.4 is 10.9 Å². The van der Waals surface area contributed by atoms with Crippen molar-refractivity contribution in [2.75, 3.05) is 5.32 Å². The molecule has 0 aliphatic rings. The van der Waals surface area contributed by atoms with Crippen LogP contribution in [0.5, 0.6) is 0 Å². The van der Waals surface area contributed by atoms with Gasteiger partial charge >= 0.3 is 0 Å². The average Bonchev–Trinajstić information content (AvgIpc) is 2.34. The van der Waals surface area contributed by atoms with Crippen molar-refractivity contribution >= 4 is 5.69 Å². The van der Waals surface area contributed by atoms with Crippen molar-refractivity contribution in [2.24, 2.45) is 0 Å². The summed E-state index contributed by atoms with van der Waals surface area (Å²) >= 11 is 0. The molecule has 2 N–H and O–H groups in total. The molecule has 4 nitrogen and oxygen atoms in total. The molecule has 0 fully saturated rings. The Morgan fingerprint density at radius 1 is 1.19 bits per heavy atom. The van der Waals surface area contributed by atoms with Crippen molar-refractivity contribution in [2.45, 2.75) is 33.7 Å². The van der Waals surface area contributed by atoms with Crippen LogP contribution >= 0.6 is 0 Å². The van der Waals surface area contributed by atoms with E-state index < -0.39 is 17.7 Å². The molecule has 0 aliphatic heterocycles. The molecule has 1 heterocycles. The summed E-state index contributed by atoms with van der Waals surface area (Å²) < 4.78 is 27.4. The number of aromatic nitrogens is 2. The number of anilines is 1. The Hall–Kier alpha value is -2.24. The van der Waals surface area contributed by atoms with Crippen LogP contribution in [0.3, 0.4) is 0 Å². The monoisotopic (exact) mass is 293 g/mol. The third-order valence-electron chi connectivity index (χ3n) is 3.32. The van der Waals surface area contributed by atoms with Gasteiger partial charge < -0.3 is 10.3 Å². The van der Waals surface area contributed by atoms with Crippen LogP contribution in [0.25, 0.3) is 0 Å². The molecule has 0 aliphatic carbocycles. The Kier molecular flexibility index (Phi) is 4.06. The van der Waals surface area contributed by atoms with Gasteiger partial charge in [-0.2, -0.15) is 0 Å². The third kappa shape index (κ3) is 3.09. The van der Waals surface area contributed by atoms with Crippen molar-refractivity contribution in [1.29, 1.82) is 0 Å². The fourth-order valence-corrected chi connectivity index (χ4v) is 2.31. The van der Waals surface area contributed by atoms with E-state index in [0.717, 1.165) is 12.1 Å². The van der Waals surface area contributed by atoms with E-state index >= 15 is 0 Å². The lowest BCUT2D eigenvalue weighted by molar-refractivity contribution is 0.592. The van der Waals surface area contributed by atoms with E-state index in [4.69, 9.17) is 0 Å². The van der Waals surface area contributed by atoms with Crippen molar-refractivity contribution in [1.82, 2.24) is 9.97 Å². The zero-order valence-corrected chi connectivity index (χ0v) is 12.3. The van der Waals surface area contributed by atoms with E-state index in [9.17, 15) is 13.6 Å². The Bertz CT molecular complexity index is 740. The van der Waals surface area contributed by atoms with Gasteiger partial charge in [0.25, 0.3) is 5.56 Å². The fourth-order valence-electron chi connectivity index (χ4n) is 2.31. The number of hydrogen-bond acceptors (Lipinski definition) is 3. The van der Waals surface area contributed by atoms with Crippen LogP contribution in [0.4, 0.5) is 14.5 Å². The molecule has 0 bridgehead atoms. The van der Waals surface area contributed by atoms with Crippen LogP contribution in [-0.4, -0.2) is 9.97 Å². The molecule has 2 rings (SSSR count). The van der Waals surface area contributed by atoms with Gasteiger partial charge in [-0.1, -0.05) is 0 Å². The van der Waals surface area contributed by atoms with Crippen molar-refractivity contribution in [3.8, 4) is 0 Å². The lowest BCUT2D eigenvalue weighted by Crippen LogP contribution is -2.23. The second-order valence-corrected chi connectivity index (χ2v) is 5.10.